The van der Waals surface area contributed by atoms with E-state index >= 15 is 0 Å². The molecule has 0 atom stereocenters. The third-order valence-corrected chi connectivity index (χ3v) is 0.925. The van der Waals surface area contributed by atoms with Gasteiger partial charge in [-0.2, -0.15) is 0 Å². The molecule has 0 aliphatic heterocycles. The molecule has 0 aromatic heterocycles. The van der Waals surface area contributed by atoms with Gasteiger partial charge in [-0.25, -0.2) is 0 Å². The van der Waals surface area contributed by atoms with Gasteiger partial charge in [0.05, 0.1) is 0 Å². The number of ether oxygens (including phenoxy) is 1. The van der Waals surface area contributed by atoms with E-state index in [9.17, 15) is 4.79 Å². The molecule has 0 saturated carbocycles. The largest absolute Gasteiger partial charge is 0.456 e. The first-order chi connectivity index (χ1) is 3.93. The van der Waals surface area contributed by atoms with Crippen molar-refractivity contribution in [3.05, 3.63) is 24.3 Å². The molecule has 42 valence electrons. The lowest BCUT2D eigenvalue weighted by molar-refractivity contribution is -0.129. The predicted octanol–water partition coefficient (Wildman–Crippen LogP) is 0.654. The third kappa shape index (κ3) is 0.964. The summed E-state index contributed by atoms with van der Waals surface area (Å²) in [5, 5.41) is 0. The maximum absolute atomic E-state index is 9.67. The van der Waals surface area contributed by atoms with Crippen LogP contribution in [0.25, 0.3) is 0 Å². The molecule has 0 unspecified atom stereocenters. The van der Waals surface area contributed by atoms with Gasteiger partial charge in [-0.3, -0.25) is 4.79 Å². The molecule has 0 heterocycles. The Bertz CT molecular complexity index is 123. The summed E-state index contributed by atoms with van der Waals surface area (Å²) in [6.07, 6.45) is 7.16. The molecule has 0 radical (unpaired) electrons. The summed E-state index contributed by atoms with van der Waals surface area (Å²) >= 11 is 0. The molecule has 2 nitrogen and oxygen atoms in total. The van der Waals surface area contributed by atoms with E-state index in [2.05, 4.69) is 4.74 Å². The monoisotopic (exact) mass is 110 g/mol. The second kappa shape index (κ2) is 2.31. The predicted molar refractivity (Wildman–Crippen MR) is 29.2 cm³/mol. The molecular formula is C6H6O2. The van der Waals surface area contributed by atoms with Crippen LogP contribution in [0.5, 0.6) is 0 Å². The Morgan fingerprint density at radius 3 is 2.50 bits per heavy atom. The van der Waals surface area contributed by atoms with Crippen molar-refractivity contribution in [3.8, 4) is 0 Å². The number of carbonyl (C=O) groups is 1. The van der Waals surface area contributed by atoms with Gasteiger partial charge in [0.1, 0.15) is 6.10 Å². The van der Waals surface area contributed by atoms with Crippen LogP contribution in [0, 0.1) is 0 Å². The van der Waals surface area contributed by atoms with Gasteiger partial charge in [0.15, 0.2) is 0 Å². The number of rotatable bonds is 2. The molecule has 0 amide bonds. The fourth-order valence-corrected chi connectivity index (χ4v) is 0.566. The molecule has 8 heavy (non-hydrogen) atoms. The van der Waals surface area contributed by atoms with Crippen LogP contribution < -0.4 is 0 Å². The Labute approximate surface area is 47.5 Å². The van der Waals surface area contributed by atoms with Gasteiger partial charge in [0, 0.05) is 0 Å². The molecule has 0 N–H and O–H groups in total. The lowest BCUT2D eigenvalue weighted by Crippen LogP contribution is -2.00. The van der Waals surface area contributed by atoms with Crippen LogP contribution in [0.4, 0.5) is 0 Å². The van der Waals surface area contributed by atoms with Crippen molar-refractivity contribution in [3.63, 3.8) is 0 Å². The van der Waals surface area contributed by atoms with Crippen LogP contribution in [0.3, 0.4) is 0 Å². The van der Waals surface area contributed by atoms with Crippen LogP contribution >= 0.6 is 0 Å². The summed E-state index contributed by atoms with van der Waals surface area (Å²) in [6.45, 7) is 0.449. The standard InChI is InChI=1S/C6H6O2/c7-5-8-6-3-1-2-4-6/h1-6H. The molecule has 0 bridgehead atoms. The lowest BCUT2D eigenvalue weighted by atomic mass is 10.4. The summed E-state index contributed by atoms with van der Waals surface area (Å²) in [6, 6.07) is 0. The Morgan fingerprint density at radius 1 is 1.38 bits per heavy atom. The van der Waals surface area contributed by atoms with Crippen LogP contribution in [0.2, 0.25) is 0 Å². The average Bonchev–Trinajstić information content (AvgIpc) is 2.19. The summed E-state index contributed by atoms with van der Waals surface area (Å²) in [7, 11) is 0. The van der Waals surface area contributed by atoms with Gasteiger partial charge in [-0.15, -0.1) is 0 Å². The second-order valence-electron chi connectivity index (χ2n) is 1.47. The fraction of sp³-hybridized carbons (Fsp3) is 0.167. The molecule has 1 rings (SSSR count). The van der Waals surface area contributed by atoms with Gasteiger partial charge in [-0.1, -0.05) is 12.2 Å². The van der Waals surface area contributed by atoms with E-state index in [4.69, 9.17) is 0 Å². The minimum Gasteiger partial charge on any atom is -0.456 e. The van der Waals surface area contributed by atoms with E-state index in [1.807, 2.05) is 12.2 Å². The molecule has 0 fully saturated rings. The molecular weight excluding hydrogens is 104 g/mol. The maximum Gasteiger partial charge on any atom is 0.293 e. The highest BCUT2D eigenvalue weighted by Gasteiger charge is 1.99. The molecule has 1 aliphatic rings. The fourth-order valence-electron chi connectivity index (χ4n) is 0.566. The highest BCUT2D eigenvalue weighted by molar-refractivity contribution is 5.39. The maximum atomic E-state index is 9.67. The van der Waals surface area contributed by atoms with Crippen LogP contribution in [-0.4, -0.2) is 12.6 Å². The average molecular weight is 110 g/mol. The third-order valence-electron chi connectivity index (χ3n) is 0.925. The number of allylic oxidation sites excluding steroid dienone is 2. The molecule has 1 aliphatic carbocycles. The lowest BCUT2D eigenvalue weighted by Gasteiger charge is -1.98. The number of hydrogen-bond donors (Lipinski definition) is 0. The van der Waals surface area contributed by atoms with Crippen molar-refractivity contribution in [2.45, 2.75) is 6.10 Å². The normalized spacial score (nSPS) is 17.0. The highest BCUT2D eigenvalue weighted by atomic mass is 16.5. The van der Waals surface area contributed by atoms with E-state index in [-0.39, 0.29) is 6.10 Å². The van der Waals surface area contributed by atoms with E-state index in [0.717, 1.165) is 0 Å². The summed E-state index contributed by atoms with van der Waals surface area (Å²) in [4.78, 5) is 9.67. The summed E-state index contributed by atoms with van der Waals surface area (Å²) in [5.74, 6) is 0. The minimum atomic E-state index is -0.118. The van der Waals surface area contributed by atoms with Gasteiger partial charge in [-0.05, 0) is 12.2 Å². The van der Waals surface area contributed by atoms with Crippen molar-refractivity contribution >= 4 is 6.47 Å². The Morgan fingerprint density at radius 2 is 2.00 bits per heavy atom. The Balaban J connectivity index is 2.37. The summed E-state index contributed by atoms with van der Waals surface area (Å²) in [5.41, 5.74) is 0. The zero-order chi connectivity index (χ0) is 5.82. The molecule has 0 aromatic carbocycles. The van der Waals surface area contributed by atoms with Crippen molar-refractivity contribution < 1.29 is 9.53 Å². The SMILES string of the molecule is O=COC1C=CC=C1. The van der Waals surface area contributed by atoms with Gasteiger partial charge < -0.3 is 4.74 Å². The van der Waals surface area contributed by atoms with E-state index in [1.165, 1.54) is 0 Å². The molecule has 0 saturated heterocycles. The van der Waals surface area contributed by atoms with Gasteiger partial charge >= 0.3 is 0 Å². The smallest absolute Gasteiger partial charge is 0.293 e. The topological polar surface area (TPSA) is 26.3 Å². The molecule has 0 spiro atoms. The molecule has 2 heteroatoms. The Hall–Kier alpha value is -1.05. The number of hydrogen-bond acceptors (Lipinski definition) is 2. The highest BCUT2D eigenvalue weighted by Crippen LogP contribution is 2.01. The quantitative estimate of drug-likeness (QED) is 0.488. The first kappa shape index (κ1) is 5.09. The first-order valence-corrected chi connectivity index (χ1v) is 2.37. The van der Waals surface area contributed by atoms with Gasteiger partial charge in [0.25, 0.3) is 6.47 Å². The van der Waals surface area contributed by atoms with Crippen molar-refractivity contribution in [1.29, 1.82) is 0 Å². The summed E-state index contributed by atoms with van der Waals surface area (Å²) < 4.78 is 4.55. The second-order valence-corrected chi connectivity index (χ2v) is 1.47. The van der Waals surface area contributed by atoms with Crippen molar-refractivity contribution in [1.82, 2.24) is 0 Å². The van der Waals surface area contributed by atoms with E-state index < -0.39 is 0 Å². The minimum absolute atomic E-state index is 0.118. The van der Waals surface area contributed by atoms with E-state index in [1.54, 1.807) is 12.2 Å². The molecule has 0 aromatic rings. The van der Waals surface area contributed by atoms with Crippen LogP contribution in [0.15, 0.2) is 24.3 Å². The number of carbonyl (C=O) groups excluding carboxylic acids is 1. The van der Waals surface area contributed by atoms with Crippen molar-refractivity contribution in [2.75, 3.05) is 0 Å². The van der Waals surface area contributed by atoms with E-state index in [0.29, 0.717) is 6.47 Å². The van der Waals surface area contributed by atoms with Crippen LogP contribution in [0.1, 0.15) is 0 Å². The first-order valence-electron chi connectivity index (χ1n) is 2.37. The Kier molecular flexibility index (Phi) is 1.47. The zero-order valence-corrected chi connectivity index (χ0v) is 4.28. The van der Waals surface area contributed by atoms with Crippen molar-refractivity contribution in [2.24, 2.45) is 0 Å². The van der Waals surface area contributed by atoms with Crippen LogP contribution in [-0.2, 0) is 9.53 Å². The van der Waals surface area contributed by atoms with Gasteiger partial charge in [0.2, 0.25) is 0 Å². The zero-order valence-electron chi connectivity index (χ0n) is 4.28.